The van der Waals surface area contributed by atoms with Crippen molar-refractivity contribution in [3.05, 3.63) is 42.5 Å². The molecule has 1 aromatic carbocycles. The third kappa shape index (κ3) is 7.13. The van der Waals surface area contributed by atoms with E-state index in [1.54, 1.807) is 19.7 Å². The van der Waals surface area contributed by atoms with Gasteiger partial charge >= 0.3 is 0 Å². The first-order valence-electron chi connectivity index (χ1n) is 9.02. The van der Waals surface area contributed by atoms with E-state index in [4.69, 9.17) is 4.74 Å². The molecule has 0 amide bonds. The van der Waals surface area contributed by atoms with E-state index < -0.39 is 0 Å². The van der Waals surface area contributed by atoms with Crippen LogP contribution in [0.1, 0.15) is 39.2 Å². The summed E-state index contributed by atoms with van der Waals surface area (Å²) in [5.74, 6) is 1.69. The first kappa shape index (κ1) is 19.8. The number of hydrogen-bond acceptors (Lipinski definition) is 4. The van der Waals surface area contributed by atoms with Crippen molar-refractivity contribution in [1.29, 1.82) is 0 Å². The van der Waals surface area contributed by atoms with Crippen LogP contribution in [0.15, 0.2) is 41.9 Å². The van der Waals surface area contributed by atoms with Crippen LogP contribution in [0.3, 0.4) is 0 Å². The normalized spacial score (nSPS) is 12.1. The van der Waals surface area contributed by atoms with Crippen molar-refractivity contribution in [3.63, 3.8) is 0 Å². The Labute approximate surface area is 155 Å². The summed E-state index contributed by atoms with van der Waals surface area (Å²) in [5, 5.41) is 14.3. The number of hydrogen-bond donors (Lipinski definition) is 2. The second-order valence-electron chi connectivity index (χ2n) is 7.08. The van der Waals surface area contributed by atoms with E-state index in [9.17, 15) is 0 Å². The van der Waals surface area contributed by atoms with Gasteiger partial charge in [0.05, 0.1) is 0 Å². The van der Waals surface area contributed by atoms with Crippen molar-refractivity contribution in [2.24, 2.45) is 4.99 Å². The molecule has 0 unspecified atom stereocenters. The number of ether oxygens (including phenoxy) is 1. The molecule has 7 nitrogen and oxygen atoms in total. The quantitative estimate of drug-likeness (QED) is 0.431. The molecule has 2 aromatic rings. The second kappa shape index (κ2) is 9.79. The predicted molar refractivity (Wildman–Crippen MR) is 104 cm³/mol. The van der Waals surface area contributed by atoms with Gasteiger partial charge < -0.3 is 19.9 Å². The second-order valence-corrected chi connectivity index (χ2v) is 7.08. The highest BCUT2D eigenvalue weighted by molar-refractivity contribution is 5.79. The molecule has 0 atom stereocenters. The van der Waals surface area contributed by atoms with Crippen molar-refractivity contribution in [2.45, 2.75) is 52.3 Å². The van der Waals surface area contributed by atoms with Crippen molar-refractivity contribution in [1.82, 2.24) is 25.4 Å². The minimum atomic E-state index is -0.221. The minimum Gasteiger partial charge on any atom is -0.488 e. The van der Waals surface area contributed by atoms with E-state index in [1.165, 1.54) is 0 Å². The molecular weight excluding hydrogens is 328 g/mol. The van der Waals surface area contributed by atoms with E-state index in [1.807, 2.05) is 22.8 Å². The molecular formula is C19H30N6O. The highest BCUT2D eigenvalue weighted by Gasteiger charge is 2.14. The van der Waals surface area contributed by atoms with E-state index in [0.717, 1.165) is 43.2 Å². The van der Waals surface area contributed by atoms with Crippen LogP contribution >= 0.6 is 0 Å². The molecule has 0 aliphatic rings. The van der Waals surface area contributed by atoms with E-state index in [0.29, 0.717) is 6.54 Å². The Balaban J connectivity index is 1.74. The van der Waals surface area contributed by atoms with Crippen LogP contribution in [0.5, 0.6) is 5.75 Å². The number of nitrogens with one attached hydrogen (secondary N) is 2. The van der Waals surface area contributed by atoms with Crippen molar-refractivity contribution in [3.8, 4) is 5.75 Å². The number of nitrogens with zero attached hydrogens (tertiary/aromatic N) is 4. The maximum absolute atomic E-state index is 6.03. The Bertz CT molecular complexity index is 676. The highest BCUT2D eigenvalue weighted by Crippen LogP contribution is 2.22. The fourth-order valence-corrected chi connectivity index (χ4v) is 2.44. The van der Waals surface area contributed by atoms with Gasteiger partial charge in [0.1, 0.15) is 24.0 Å². The van der Waals surface area contributed by atoms with Gasteiger partial charge in [-0.25, -0.2) is 0 Å². The molecule has 142 valence electrons. The Hall–Kier alpha value is -2.57. The fourth-order valence-electron chi connectivity index (χ4n) is 2.44. The Morgan fingerprint density at radius 2 is 1.85 bits per heavy atom. The van der Waals surface area contributed by atoms with Crippen LogP contribution in [0, 0.1) is 0 Å². The smallest absolute Gasteiger partial charge is 0.191 e. The minimum absolute atomic E-state index is 0.221. The summed E-state index contributed by atoms with van der Waals surface area (Å²) >= 11 is 0. The van der Waals surface area contributed by atoms with Crippen molar-refractivity contribution >= 4 is 5.96 Å². The third-order valence-electron chi connectivity index (χ3n) is 3.66. The number of para-hydroxylation sites is 1. The molecule has 7 heteroatoms. The fraction of sp³-hybridized carbons (Fsp3) is 0.526. The molecule has 1 aromatic heterocycles. The molecule has 0 spiro atoms. The van der Waals surface area contributed by atoms with Gasteiger partial charge in [-0.3, -0.25) is 4.99 Å². The maximum atomic E-state index is 6.03. The molecule has 0 aliphatic carbocycles. The lowest BCUT2D eigenvalue weighted by Crippen LogP contribution is -2.37. The largest absolute Gasteiger partial charge is 0.488 e. The van der Waals surface area contributed by atoms with Crippen LogP contribution < -0.4 is 15.4 Å². The average molecular weight is 358 g/mol. The maximum Gasteiger partial charge on any atom is 0.191 e. The number of benzene rings is 1. The van der Waals surface area contributed by atoms with Gasteiger partial charge in [-0.2, -0.15) is 0 Å². The van der Waals surface area contributed by atoms with Crippen LogP contribution in [0.2, 0.25) is 0 Å². The van der Waals surface area contributed by atoms with E-state index >= 15 is 0 Å². The Kier molecular flexibility index (Phi) is 7.44. The topological polar surface area (TPSA) is 76.4 Å². The molecule has 0 radical (unpaired) electrons. The summed E-state index contributed by atoms with van der Waals surface area (Å²) in [7, 11) is 1.78. The lowest BCUT2D eigenvalue weighted by molar-refractivity contribution is 0.129. The van der Waals surface area contributed by atoms with Gasteiger partial charge in [-0.1, -0.05) is 18.2 Å². The number of unbranched alkanes of at least 4 members (excludes halogenated alkanes) is 1. The first-order chi connectivity index (χ1) is 12.5. The van der Waals surface area contributed by atoms with Gasteiger partial charge in [0.25, 0.3) is 0 Å². The average Bonchev–Trinajstić information content (AvgIpc) is 3.10. The van der Waals surface area contributed by atoms with Gasteiger partial charge in [-0.15, -0.1) is 10.2 Å². The Morgan fingerprint density at radius 1 is 1.12 bits per heavy atom. The van der Waals surface area contributed by atoms with Crippen LogP contribution in [-0.4, -0.2) is 39.9 Å². The standard InChI is InChI=1S/C19H30N6O/c1-19(2,3)26-17-10-6-5-9-16(17)13-22-18(20-4)21-11-7-8-12-25-14-23-24-15-25/h5-6,9-10,14-15H,7-8,11-13H2,1-4H3,(H2,20,21,22). The summed E-state index contributed by atoms with van der Waals surface area (Å²) < 4.78 is 8.02. The summed E-state index contributed by atoms with van der Waals surface area (Å²) in [5.41, 5.74) is 0.888. The molecule has 0 aliphatic heterocycles. The molecule has 1 heterocycles. The van der Waals surface area contributed by atoms with Crippen LogP contribution in [0.25, 0.3) is 0 Å². The molecule has 2 N–H and O–H groups in total. The summed E-state index contributed by atoms with van der Waals surface area (Å²) in [4.78, 5) is 4.28. The summed E-state index contributed by atoms with van der Waals surface area (Å²) in [6.07, 6.45) is 5.59. The third-order valence-corrected chi connectivity index (χ3v) is 3.66. The molecule has 0 saturated heterocycles. The Morgan fingerprint density at radius 3 is 2.54 bits per heavy atom. The number of aryl methyl sites for hydroxylation is 1. The SMILES string of the molecule is CN=C(NCCCCn1cnnc1)NCc1ccccc1OC(C)(C)C. The van der Waals surface area contributed by atoms with E-state index in [-0.39, 0.29) is 5.60 Å². The monoisotopic (exact) mass is 358 g/mol. The zero-order valence-electron chi connectivity index (χ0n) is 16.2. The number of rotatable bonds is 8. The number of aliphatic imine (C=N–C) groups is 1. The zero-order valence-corrected chi connectivity index (χ0v) is 16.2. The van der Waals surface area contributed by atoms with Crippen LogP contribution in [0.4, 0.5) is 0 Å². The predicted octanol–water partition coefficient (Wildman–Crippen LogP) is 2.60. The van der Waals surface area contributed by atoms with Gasteiger partial charge in [0.15, 0.2) is 5.96 Å². The van der Waals surface area contributed by atoms with Crippen LogP contribution in [-0.2, 0) is 13.1 Å². The number of aromatic nitrogens is 3. The van der Waals surface area contributed by atoms with Gasteiger partial charge in [-0.05, 0) is 39.7 Å². The number of guanidine groups is 1. The summed E-state index contributed by atoms with van der Waals surface area (Å²) in [6.45, 7) is 8.61. The molecule has 2 rings (SSSR count). The molecule has 0 fully saturated rings. The molecule has 26 heavy (non-hydrogen) atoms. The highest BCUT2D eigenvalue weighted by atomic mass is 16.5. The van der Waals surface area contributed by atoms with Gasteiger partial charge in [0, 0.05) is 32.2 Å². The van der Waals surface area contributed by atoms with Crippen molar-refractivity contribution in [2.75, 3.05) is 13.6 Å². The first-order valence-corrected chi connectivity index (χ1v) is 9.02. The molecule has 0 bridgehead atoms. The summed E-state index contributed by atoms with van der Waals surface area (Å²) in [6, 6.07) is 8.09. The van der Waals surface area contributed by atoms with E-state index in [2.05, 4.69) is 52.7 Å². The lowest BCUT2D eigenvalue weighted by atomic mass is 10.1. The van der Waals surface area contributed by atoms with Crippen molar-refractivity contribution < 1.29 is 4.74 Å². The molecule has 0 saturated carbocycles. The lowest BCUT2D eigenvalue weighted by Gasteiger charge is -2.23. The zero-order chi connectivity index (χ0) is 18.8. The van der Waals surface area contributed by atoms with Gasteiger partial charge in [0.2, 0.25) is 0 Å².